The van der Waals surface area contributed by atoms with Crippen LogP contribution in [0.5, 0.6) is 11.5 Å². The van der Waals surface area contributed by atoms with E-state index in [0.717, 1.165) is 15.4 Å². The van der Waals surface area contributed by atoms with Crippen molar-refractivity contribution in [2.75, 3.05) is 25.1 Å². The molecule has 0 unspecified atom stereocenters. The first-order valence-electron chi connectivity index (χ1n) is 15.0. The molecule has 4 aromatic carbocycles. The van der Waals surface area contributed by atoms with Crippen LogP contribution in [0.2, 0.25) is 5.02 Å². The van der Waals surface area contributed by atoms with Crippen LogP contribution in [-0.4, -0.2) is 57.5 Å². The minimum Gasteiger partial charge on any atom is -0.493 e. The van der Waals surface area contributed by atoms with Gasteiger partial charge in [0.25, 0.3) is 10.0 Å². The quantitative estimate of drug-likeness (QED) is 0.183. The Morgan fingerprint density at radius 3 is 1.98 bits per heavy atom. The third-order valence-electron chi connectivity index (χ3n) is 7.30. The summed E-state index contributed by atoms with van der Waals surface area (Å²) in [6, 6.07) is 28.0. The number of hydrogen-bond donors (Lipinski definition) is 1. The van der Waals surface area contributed by atoms with Crippen molar-refractivity contribution in [2.45, 2.75) is 50.2 Å². The average Bonchev–Trinajstić information content (AvgIpc) is 3.05. The molecule has 0 aromatic heterocycles. The Hall–Kier alpha value is -4.54. The number of sulfonamides is 1. The summed E-state index contributed by atoms with van der Waals surface area (Å²) in [5.74, 6) is -0.355. The molecule has 4 aromatic rings. The molecule has 4 rings (SSSR count). The van der Waals surface area contributed by atoms with Gasteiger partial charge in [-0.25, -0.2) is 8.42 Å². The first-order valence-corrected chi connectivity index (χ1v) is 16.8. The number of nitrogens with zero attached hydrogens (tertiary/aromatic N) is 2. The van der Waals surface area contributed by atoms with Gasteiger partial charge in [-0.15, -0.1) is 0 Å². The van der Waals surface area contributed by atoms with Crippen molar-refractivity contribution in [3.05, 3.63) is 119 Å². The number of methoxy groups -OCH3 is 2. The molecule has 248 valence electrons. The summed E-state index contributed by atoms with van der Waals surface area (Å²) < 4.78 is 40.3. The van der Waals surface area contributed by atoms with Crippen molar-refractivity contribution in [3.63, 3.8) is 0 Å². The summed E-state index contributed by atoms with van der Waals surface area (Å²) in [4.78, 5) is 29.9. The van der Waals surface area contributed by atoms with E-state index < -0.39 is 34.1 Å². The molecule has 0 saturated heterocycles. The maximum atomic E-state index is 14.6. The molecule has 0 aliphatic rings. The van der Waals surface area contributed by atoms with Gasteiger partial charge in [-0.05, 0) is 68.3 Å². The molecule has 47 heavy (non-hydrogen) atoms. The Labute approximate surface area is 282 Å². The maximum absolute atomic E-state index is 14.6. The van der Waals surface area contributed by atoms with E-state index in [1.54, 1.807) is 54.6 Å². The minimum absolute atomic E-state index is 0.0318. The Balaban J connectivity index is 1.82. The van der Waals surface area contributed by atoms with Crippen molar-refractivity contribution in [1.82, 2.24) is 10.2 Å². The van der Waals surface area contributed by atoms with Crippen LogP contribution in [0.25, 0.3) is 0 Å². The van der Waals surface area contributed by atoms with Gasteiger partial charge < -0.3 is 19.7 Å². The molecule has 0 aliphatic heterocycles. The molecular weight excluding hydrogens is 638 g/mol. The smallest absolute Gasteiger partial charge is 0.264 e. The van der Waals surface area contributed by atoms with Gasteiger partial charge in [0.2, 0.25) is 11.8 Å². The van der Waals surface area contributed by atoms with Crippen molar-refractivity contribution in [1.29, 1.82) is 0 Å². The second kappa shape index (κ2) is 15.4. The first kappa shape index (κ1) is 35.3. The van der Waals surface area contributed by atoms with Crippen LogP contribution in [0.15, 0.2) is 108 Å². The van der Waals surface area contributed by atoms with Gasteiger partial charge in [0.1, 0.15) is 12.6 Å². The van der Waals surface area contributed by atoms with Gasteiger partial charge in [-0.3, -0.25) is 13.9 Å². The predicted octanol–water partition coefficient (Wildman–Crippen LogP) is 6.11. The van der Waals surface area contributed by atoms with Crippen LogP contribution in [0.3, 0.4) is 0 Å². The average molecular weight is 678 g/mol. The van der Waals surface area contributed by atoms with Crippen LogP contribution in [0.1, 0.15) is 31.9 Å². The summed E-state index contributed by atoms with van der Waals surface area (Å²) in [5.41, 5.74) is 1.25. The summed E-state index contributed by atoms with van der Waals surface area (Å²) >= 11 is 6.15. The van der Waals surface area contributed by atoms with E-state index in [9.17, 15) is 18.0 Å². The lowest BCUT2D eigenvalue weighted by Gasteiger charge is -2.35. The zero-order valence-electron chi connectivity index (χ0n) is 27.1. The van der Waals surface area contributed by atoms with E-state index in [2.05, 4.69) is 5.32 Å². The topological polar surface area (TPSA) is 105 Å². The second-order valence-electron chi connectivity index (χ2n) is 12.0. The molecule has 0 radical (unpaired) electrons. The van der Waals surface area contributed by atoms with Crippen molar-refractivity contribution >= 4 is 39.1 Å². The third-order valence-corrected chi connectivity index (χ3v) is 9.32. The van der Waals surface area contributed by atoms with E-state index in [1.807, 2.05) is 51.1 Å². The SMILES string of the molecule is COc1ccc(S(=O)(=O)N(CC(=O)N(Cc2ccc(Cl)cc2)[C@@H](Cc2ccccc2)C(=O)NC(C)(C)C)c2ccccc2)cc1OC. The van der Waals surface area contributed by atoms with Crippen molar-refractivity contribution < 1.29 is 27.5 Å². The standard InChI is InChI=1S/C36H40ClN3O6S/c1-36(2,3)38-35(42)31(22-26-12-8-6-9-13-26)39(24-27-16-18-28(37)19-17-27)34(41)25-40(29-14-10-7-11-15-29)47(43,44)30-20-21-32(45-4)33(23-30)46-5/h6-21,23,31H,22,24-25H2,1-5H3,(H,38,42)/t31-/m0/s1. The fraction of sp³-hybridized carbons (Fsp3) is 0.278. The molecule has 0 spiro atoms. The number of carbonyl (C=O) groups is 2. The predicted molar refractivity (Wildman–Crippen MR) is 184 cm³/mol. The van der Waals surface area contributed by atoms with Gasteiger partial charge >= 0.3 is 0 Å². The highest BCUT2D eigenvalue weighted by Gasteiger charge is 2.36. The third kappa shape index (κ3) is 9.27. The molecule has 0 saturated carbocycles. The van der Waals surface area contributed by atoms with E-state index in [4.69, 9.17) is 21.1 Å². The fourth-order valence-corrected chi connectivity index (χ4v) is 6.58. The largest absolute Gasteiger partial charge is 0.493 e. The number of para-hydroxylation sites is 1. The number of anilines is 1. The van der Waals surface area contributed by atoms with E-state index in [1.165, 1.54) is 37.3 Å². The number of amides is 2. The Morgan fingerprint density at radius 1 is 0.809 bits per heavy atom. The van der Waals surface area contributed by atoms with E-state index >= 15 is 0 Å². The minimum atomic E-state index is -4.32. The molecule has 0 bridgehead atoms. The van der Waals surface area contributed by atoms with E-state index in [-0.39, 0.29) is 35.2 Å². The fourth-order valence-electron chi connectivity index (χ4n) is 5.02. The lowest BCUT2D eigenvalue weighted by Crippen LogP contribution is -2.56. The first-order chi connectivity index (χ1) is 22.3. The number of halogens is 1. The van der Waals surface area contributed by atoms with Gasteiger partial charge in [0.05, 0.1) is 24.8 Å². The number of nitrogens with one attached hydrogen (secondary N) is 1. The number of carbonyl (C=O) groups excluding carboxylic acids is 2. The number of rotatable bonds is 13. The number of hydrogen-bond acceptors (Lipinski definition) is 6. The zero-order valence-corrected chi connectivity index (χ0v) is 28.7. The van der Waals surface area contributed by atoms with Crippen LogP contribution in [0.4, 0.5) is 5.69 Å². The van der Waals surface area contributed by atoms with Crippen LogP contribution in [0, 0.1) is 0 Å². The van der Waals surface area contributed by atoms with Gasteiger partial charge in [0, 0.05) is 29.6 Å². The van der Waals surface area contributed by atoms with E-state index in [0.29, 0.717) is 10.8 Å². The highest BCUT2D eigenvalue weighted by Crippen LogP contribution is 2.32. The Bertz CT molecular complexity index is 1760. The summed E-state index contributed by atoms with van der Waals surface area (Å²) in [7, 11) is -1.45. The molecule has 0 fully saturated rings. The summed E-state index contributed by atoms with van der Waals surface area (Å²) in [6.45, 7) is 5.04. The van der Waals surface area contributed by atoms with Gasteiger partial charge in [-0.1, -0.05) is 72.3 Å². The Kier molecular flexibility index (Phi) is 11.5. The van der Waals surface area contributed by atoms with Crippen LogP contribution < -0.4 is 19.1 Å². The monoisotopic (exact) mass is 677 g/mol. The summed E-state index contributed by atoms with van der Waals surface area (Å²) in [6.07, 6.45) is 0.204. The van der Waals surface area contributed by atoms with Crippen LogP contribution >= 0.6 is 11.6 Å². The molecular formula is C36H40ClN3O6S. The normalized spacial score (nSPS) is 12.1. The molecule has 9 nitrogen and oxygen atoms in total. The molecule has 1 N–H and O–H groups in total. The van der Waals surface area contributed by atoms with Crippen LogP contribution in [-0.2, 0) is 32.6 Å². The summed E-state index contributed by atoms with van der Waals surface area (Å²) in [5, 5.41) is 3.55. The molecule has 11 heteroatoms. The molecule has 0 heterocycles. The Morgan fingerprint density at radius 2 is 1.40 bits per heavy atom. The highest BCUT2D eigenvalue weighted by atomic mass is 35.5. The lowest BCUT2D eigenvalue weighted by molar-refractivity contribution is -0.140. The number of ether oxygens (including phenoxy) is 2. The van der Waals surface area contributed by atoms with Crippen molar-refractivity contribution in [2.24, 2.45) is 0 Å². The molecule has 0 aliphatic carbocycles. The second-order valence-corrected chi connectivity index (χ2v) is 14.3. The lowest BCUT2D eigenvalue weighted by atomic mass is 10.0. The maximum Gasteiger partial charge on any atom is 0.264 e. The van der Waals surface area contributed by atoms with Crippen molar-refractivity contribution in [3.8, 4) is 11.5 Å². The molecule has 1 atom stereocenters. The highest BCUT2D eigenvalue weighted by molar-refractivity contribution is 7.92. The zero-order chi connectivity index (χ0) is 34.2. The van der Waals surface area contributed by atoms with Gasteiger partial charge in [-0.2, -0.15) is 0 Å². The van der Waals surface area contributed by atoms with Gasteiger partial charge in [0.15, 0.2) is 11.5 Å². The number of benzene rings is 4. The molecule has 2 amide bonds.